The number of aromatic nitrogens is 1. The van der Waals surface area contributed by atoms with Crippen LogP contribution in [0.1, 0.15) is 11.1 Å². The molecule has 0 atom stereocenters. The van der Waals surface area contributed by atoms with E-state index in [0.717, 1.165) is 11.3 Å². The number of benzene rings is 1. The number of thiocarbonyl (C=S) groups is 1. The first kappa shape index (κ1) is 13.5. The lowest BCUT2D eigenvalue weighted by molar-refractivity contribution is -0.640. The molecule has 1 heterocycles. The van der Waals surface area contributed by atoms with Crippen molar-refractivity contribution in [2.24, 2.45) is 0 Å². The molecule has 19 heavy (non-hydrogen) atoms. The van der Waals surface area contributed by atoms with Gasteiger partial charge in [-0.3, -0.25) is 0 Å². The Labute approximate surface area is 119 Å². The van der Waals surface area contributed by atoms with Gasteiger partial charge in [-0.1, -0.05) is 16.9 Å². The van der Waals surface area contributed by atoms with Crippen LogP contribution in [0.5, 0.6) is 0 Å². The molecule has 0 bridgehead atoms. The van der Waals surface area contributed by atoms with E-state index in [4.69, 9.17) is 12.2 Å². The van der Waals surface area contributed by atoms with Crippen molar-refractivity contribution in [3.05, 3.63) is 59.9 Å². The first-order valence-electron chi connectivity index (χ1n) is 6.13. The van der Waals surface area contributed by atoms with Crippen molar-refractivity contribution in [2.45, 2.75) is 6.92 Å². The zero-order chi connectivity index (χ0) is 13.8. The molecule has 0 saturated carbocycles. The number of hydrogen-bond donors (Lipinski definition) is 1. The van der Waals surface area contributed by atoms with Crippen molar-refractivity contribution in [2.75, 3.05) is 24.4 Å². The van der Waals surface area contributed by atoms with Gasteiger partial charge in [0.05, 0.1) is 0 Å². The third kappa shape index (κ3) is 3.51. The molecular weight excluding hydrogens is 254 g/mol. The second kappa shape index (κ2) is 5.80. The molecule has 2 aromatic rings. The molecular formula is C15H18N3S+. The summed E-state index contributed by atoms with van der Waals surface area (Å²) in [4.78, 5) is 2.77. The van der Waals surface area contributed by atoms with Crippen LogP contribution in [0.2, 0.25) is 0 Å². The van der Waals surface area contributed by atoms with Gasteiger partial charge >= 0.3 is 0 Å². The summed E-state index contributed by atoms with van der Waals surface area (Å²) in [5, 5.41) is 0. The maximum Gasteiger partial charge on any atom is 0.200 e. The summed E-state index contributed by atoms with van der Waals surface area (Å²) in [7, 11) is 4.04. The van der Waals surface area contributed by atoms with Crippen molar-refractivity contribution < 1.29 is 4.68 Å². The third-order valence-corrected chi connectivity index (χ3v) is 3.20. The highest BCUT2D eigenvalue weighted by Crippen LogP contribution is 2.12. The highest BCUT2D eigenvalue weighted by Gasteiger charge is 2.06. The van der Waals surface area contributed by atoms with E-state index < -0.39 is 0 Å². The topological polar surface area (TPSA) is 19.1 Å². The van der Waals surface area contributed by atoms with Crippen LogP contribution < -0.4 is 15.0 Å². The molecule has 0 amide bonds. The molecule has 2 rings (SSSR count). The lowest BCUT2D eigenvalue weighted by Crippen LogP contribution is -2.47. The smallest absolute Gasteiger partial charge is 0.200 e. The molecule has 4 heteroatoms. The van der Waals surface area contributed by atoms with E-state index in [1.807, 2.05) is 55.4 Å². The molecule has 0 aliphatic heterocycles. The van der Waals surface area contributed by atoms with Gasteiger partial charge in [0.25, 0.3) is 0 Å². The Kier molecular flexibility index (Phi) is 4.12. The Bertz CT molecular complexity index is 559. The standard InChI is InChI=1S/C15H17N3S/c1-12-8-10-18(11-9-12)16-15(19)13-4-6-14(7-5-13)17(2)3/h4-11H,1-3H3/p+1. The molecule has 3 nitrogen and oxygen atoms in total. The lowest BCUT2D eigenvalue weighted by Gasteiger charge is -2.12. The Morgan fingerprint density at radius 1 is 1.05 bits per heavy atom. The zero-order valence-corrected chi connectivity index (χ0v) is 12.2. The number of nitrogens with zero attached hydrogens (tertiary/aromatic N) is 2. The van der Waals surface area contributed by atoms with Crippen LogP contribution in [0, 0.1) is 6.92 Å². The molecule has 1 N–H and O–H groups in total. The van der Waals surface area contributed by atoms with Crippen molar-refractivity contribution in [1.29, 1.82) is 0 Å². The maximum absolute atomic E-state index is 5.40. The fraction of sp³-hybridized carbons (Fsp3) is 0.200. The summed E-state index contributed by atoms with van der Waals surface area (Å²) in [6, 6.07) is 12.2. The minimum atomic E-state index is 0.708. The van der Waals surface area contributed by atoms with E-state index in [1.165, 1.54) is 5.56 Å². The minimum absolute atomic E-state index is 0.708. The summed E-state index contributed by atoms with van der Waals surface area (Å²) in [5.74, 6) is 0. The maximum atomic E-state index is 5.40. The Morgan fingerprint density at radius 3 is 2.16 bits per heavy atom. The van der Waals surface area contributed by atoms with Gasteiger partial charge in [0.15, 0.2) is 17.4 Å². The van der Waals surface area contributed by atoms with E-state index in [2.05, 4.69) is 29.4 Å². The zero-order valence-electron chi connectivity index (χ0n) is 11.4. The Morgan fingerprint density at radius 2 is 1.63 bits per heavy atom. The van der Waals surface area contributed by atoms with Gasteiger partial charge in [-0.15, -0.1) is 5.43 Å². The molecule has 0 saturated heterocycles. The monoisotopic (exact) mass is 272 g/mol. The van der Waals surface area contributed by atoms with E-state index in [0.29, 0.717) is 4.99 Å². The Balaban J connectivity index is 2.09. The number of nitrogens with one attached hydrogen (secondary N) is 1. The van der Waals surface area contributed by atoms with Gasteiger partial charge in [-0.05, 0) is 36.8 Å². The number of pyridine rings is 1. The summed E-state index contributed by atoms with van der Waals surface area (Å²) in [5.41, 5.74) is 6.56. The Hall–Kier alpha value is -1.94. The molecule has 98 valence electrons. The lowest BCUT2D eigenvalue weighted by atomic mass is 10.2. The van der Waals surface area contributed by atoms with Crippen molar-refractivity contribution in [3.63, 3.8) is 0 Å². The van der Waals surface area contributed by atoms with E-state index in [9.17, 15) is 0 Å². The third-order valence-electron chi connectivity index (χ3n) is 2.87. The fourth-order valence-corrected chi connectivity index (χ4v) is 1.91. The minimum Gasteiger partial charge on any atom is -0.378 e. The van der Waals surface area contributed by atoms with Gasteiger partial charge in [0.1, 0.15) is 0 Å². The predicted octanol–water partition coefficient (Wildman–Crippen LogP) is 2.27. The van der Waals surface area contributed by atoms with Crippen LogP contribution in [-0.2, 0) is 0 Å². The van der Waals surface area contributed by atoms with Crippen LogP contribution in [0.3, 0.4) is 0 Å². The van der Waals surface area contributed by atoms with E-state index >= 15 is 0 Å². The van der Waals surface area contributed by atoms with Gasteiger partial charge < -0.3 is 4.90 Å². The van der Waals surface area contributed by atoms with Gasteiger partial charge in [0, 0.05) is 37.5 Å². The van der Waals surface area contributed by atoms with Crippen molar-refractivity contribution in [1.82, 2.24) is 0 Å². The quantitative estimate of drug-likeness (QED) is 0.683. The van der Waals surface area contributed by atoms with E-state index in [-0.39, 0.29) is 0 Å². The van der Waals surface area contributed by atoms with Gasteiger partial charge in [0.2, 0.25) is 0 Å². The first-order valence-corrected chi connectivity index (χ1v) is 6.54. The predicted molar refractivity (Wildman–Crippen MR) is 83.2 cm³/mol. The highest BCUT2D eigenvalue weighted by atomic mass is 32.1. The molecule has 0 fully saturated rings. The highest BCUT2D eigenvalue weighted by molar-refractivity contribution is 7.81. The molecule has 1 aromatic heterocycles. The molecule has 0 aliphatic carbocycles. The SMILES string of the molecule is Cc1cc[n+](NC(=S)c2ccc(N(C)C)cc2)cc1. The summed E-state index contributed by atoms with van der Waals surface area (Å²) in [6.07, 6.45) is 3.91. The molecule has 0 unspecified atom stereocenters. The summed E-state index contributed by atoms with van der Waals surface area (Å²) < 4.78 is 1.86. The normalized spacial score (nSPS) is 10.1. The second-order valence-corrected chi connectivity index (χ2v) is 5.07. The summed E-state index contributed by atoms with van der Waals surface area (Å²) >= 11 is 5.40. The van der Waals surface area contributed by atoms with Crippen LogP contribution >= 0.6 is 12.2 Å². The van der Waals surface area contributed by atoms with Crippen molar-refractivity contribution in [3.8, 4) is 0 Å². The average Bonchev–Trinajstić information content (AvgIpc) is 2.41. The van der Waals surface area contributed by atoms with Gasteiger partial charge in [-0.2, -0.15) is 0 Å². The fourth-order valence-electron chi connectivity index (χ4n) is 1.67. The number of anilines is 1. The van der Waals surface area contributed by atoms with Gasteiger partial charge in [-0.25, -0.2) is 0 Å². The van der Waals surface area contributed by atoms with Crippen molar-refractivity contribution >= 4 is 22.9 Å². The number of aryl methyl sites for hydroxylation is 1. The van der Waals surface area contributed by atoms with Crippen LogP contribution in [0.25, 0.3) is 0 Å². The van der Waals surface area contributed by atoms with Crippen LogP contribution in [0.4, 0.5) is 5.69 Å². The largest absolute Gasteiger partial charge is 0.378 e. The average molecular weight is 272 g/mol. The number of rotatable bonds is 3. The summed E-state index contributed by atoms with van der Waals surface area (Å²) in [6.45, 7) is 2.06. The second-order valence-electron chi connectivity index (χ2n) is 4.66. The molecule has 0 aliphatic rings. The number of hydrogen-bond acceptors (Lipinski definition) is 2. The van der Waals surface area contributed by atoms with E-state index in [1.54, 1.807) is 0 Å². The first-order chi connectivity index (χ1) is 9.06. The molecule has 0 radical (unpaired) electrons. The van der Waals surface area contributed by atoms with Crippen LogP contribution in [-0.4, -0.2) is 19.1 Å². The molecule has 1 aromatic carbocycles. The van der Waals surface area contributed by atoms with Crippen LogP contribution in [0.15, 0.2) is 48.8 Å². The molecule has 0 spiro atoms.